The van der Waals surface area contributed by atoms with E-state index in [1.54, 1.807) is 24.3 Å². The standard InChI is InChI=1S/C27H28F3N5OS/c1-34-15-17-35(18-16-34)23-14-8-7-13-22(23)31-25(36)24(19-9-3-2-4-10-19)33-26(37)32-21-12-6-5-11-20(21)27(28,29)30/h2-14,24H,15-18H2,1H3,(H,31,36)(H2,32,33,37). The molecule has 1 heterocycles. The zero-order chi connectivity index (χ0) is 26.4. The minimum atomic E-state index is -4.55. The first kappa shape index (κ1) is 26.4. The summed E-state index contributed by atoms with van der Waals surface area (Å²) < 4.78 is 40.3. The molecule has 1 amide bonds. The van der Waals surface area contributed by atoms with E-state index in [4.69, 9.17) is 12.2 Å². The SMILES string of the molecule is CN1CCN(c2ccccc2NC(=O)C(NC(=S)Nc2ccccc2C(F)(F)F)c2ccccc2)CC1. The number of likely N-dealkylation sites (N-methyl/N-ethyl adjacent to an activating group) is 1. The first-order valence-electron chi connectivity index (χ1n) is 11.8. The first-order chi connectivity index (χ1) is 17.7. The monoisotopic (exact) mass is 527 g/mol. The van der Waals surface area contributed by atoms with Crippen molar-refractivity contribution in [3.05, 3.63) is 90.0 Å². The number of hydrogen-bond donors (Lipinski definition) is 3. The molecule has 194 valence electrons. The summed E-state index contributed by atoms with van der Waals surface area (Å²) in [5, 5.41) is 8.41. The molecule has 4 rings (SSSR count). The van der Waals surface area contributed by atoms with Crippen molar-refractivity contribution >= 4 is 40.3 Å². The molecule has 3 aromatic rings. The number of benzene rings is 3. The van der Waals surface area contributed by atoms with Crippen molar-refractivity contribution in [3.8, 4) is 0 Å². The fraction of sp³-hybridized carbons (Fsp3) is 0.259. The maximum absolute atomic E-state index is 13.5. The van der Waals surface area contributed by atoms with E-state index in [-0.39, 0.29) is 16.7 Å². The van der Waals surface area contributed by atoms with Gasteiger partial charge in [0.25, 0.3) is 5.91 Å². The minimum Gasteiger partial charge on any atom is -0.367 e. The molecule has 6 nitrogen and oxygen atoms in total. The molecule has 0 bridgehead atoms. The molecule has 3 N–H and O–H groups in total. The number of carbonyl (C=O) groups is 1. The topological polar surface area (TPSA) is 59.6 Å². The highest BCUT2D eigenvalue weighted by Crippen LogP contribution is 2.34. The molecule has 1 unspecified atom stereocenters. The molecule has 0 radical (unpaired) electrons. The van der Waals surface area contributed by atoms with Crippen molar-refractivity contribution in [3.63, 3.8) is 0 Å². The number of thiocarbonyl (C=S) groups is 1. The number of nitrogens with one attached hydrogen (secondary N) is 3. The van der Waals surface area contributed by atoms with Gasteiger partial charge in [0.1, 0.15) is 6.04 Å². The zero-order valence-electron chi connectivity index (χ0n) is 20.3. The number of carbonyl (C=O) groups excluding carboxylic acids is 1. The lowest BCUT2D eigenvalue weighted by Gasteiger charge is -2.35. The predicted octanol–water partition coefficient (Wildman–Crippen LogP) is 5.12. The average Bonchev–Trinajstić information content (AvgIpc) is 2.88. The summed E-state index contributed by atoms with van der Waals surface area (Å²) in [7, 11) is 2.07. The molecule has 0 spiro atoms. The number of alkyl halides is 3. The van der Waals surface area contributed by atoms with Gasteiger partial charge in [-0.25, -0.2) is 0 Å². The van der Waals surface area contributed by atoms with Gasteiger partial charge in [-0.05, 0) is 49.1 Å². The smallest absolute Gasteiger partial charge is 0.367 e. The number of piperazine rings is 1. The normalized spacial score (nSPS) is 15.1. The van der Waals surface area contributed by atoms with E-state index in [9.17, 15) is 18.0 Å². The Morgan fingerprint density at radius 2 is 1.43 bits per heavy atom. The molecule has 0 saturated carbocycles. The van der Waals surface area contributed by atoms with Crippen molar-refractivity contribution in [2.45, 2.75) is 12.2 Å². The summed E-state index contributed by atoms with van der Waals surface area (Å²) in [4.78, 5) is 18.0. The molecular weight excluding hydrogens is 499 g/mol. The fourth-order valence-electron chi connectivity index (χ4n) is 4.18. The van der Waals surface area contributed by atoms with Gasteiger partial charge >= 0.3 is 6.18 Å². The van der Waals surface area contributed by atoms with Crippen LogP contribution < -0.4 is 20.9 Å². The van der Waals surface area contributed by atoms with Crippen molar-refractivity contribution in [1.82, 2.24) is 10.2 Å². The Kier molecular flexibility index (Phi) is 8.30. The van der Waals surface area contributed by atoms with Gasteiger partial charge in [0.15, 0.2) is 5.11 Å². The Labute approximate surface area is 219 Å². The number of hydrogen-bond acceptors (Lipinski definition) is 4. The molecule has 3 aromatic carbocycles. The number of para-hydroxylation sites is 3. The highest BCUT2D eigenvalue weighted by atomic mass is 32.1. The van der Waals surface area contributed by atoms with Crippen molar-refractivity contribution in [2.24, 2.45) is 0 Å². The number of rotatable bonds is 6. The van der Waals surface area contributed by atoms with Crippen LogP contribution in [0.1, 0.15) is 17.2 Å². The van der Waals surface area contributed by atoms with Crippen LogP contribution in [-0.4, -0.2) is 49.1 Å². The fourth-order valence-corrected chi connectivity index (χ4v) is 4.41. The maximum Gasteiger partial charge on any atom is 0.418 e. The van der Waals surface area contributed by atoms with Crippen LogP contribution in [0.25, 0.3) is 0 Å². The van der Waals surface area contributed by atoms with Gasteiger partial charge in [-0.3, -0.25) is 4.79 Å². The number of anilines is 3. The van der Waals surface area contributed by atoms with Crippen molar-refractivity contribution in [2.75, 3.05) is 48.8 Å². The van der Waals surface area contributed by atoms with E-state index in [2.05, 4.69) is 32.8 Å². The lowest BCUT2D eigenvalue weighted by atomic mass is 10.1. The third-order valence-electron chi connectivity index (χ3n) is 6.16. The summed E-state index contributed by atoms with van der Waals surface area (Å²) >= 11 is 5.34. The molecular formula is C27H28F3N5OS. The minimum absolute atomic E-state index is 0.104. The summed E-state index contributed by atoms with van der Waals surface area (Å²) in [6.07, 6.45) is -4.55. The van der Waals surface area contributed by atoms with Crippen LogP contribution in [0.5, 0.6) is 0 Å². The third kappa shape index (κ3) is 6.78. The van der Waals surface area contributed by atoms with Crippen LogP contribution in [-0.2, 0) is 11.0 Å². The van der Waals surface area contributed by atoms with Crippen LogP contribution in [0.2, 0.25) is 0 Å². The lowest BCUT2D eigenvalue weighted by Crippen LogP contribution is -2.45. The van der Waals surface area contributed by atoms with Crippen LogP contribution >= 0.6 is 12.2 Å². The highest BCUT2D eigenvalue weighted by Gasteiger charge is 2.33. The third-order valence-corrected chi connectivity index (χ3v) is 6.38. The number of halogens is 3. The number of nitrogens with zero attached hydrogens (tertiary/aromatic N) is 2. The molecule has 1 atom stereocenters. The summed E-state index contributed by atoms with van der Waals surface area (Å²) in [5.41, 5.74) is 1.14. The van der Waals surface area contributed by atoms with Crippen LogP contribution in [0.4, 0.5) is 30.2 Å². The second-order valence-electron chi connectivity index (χ2n) is 8.78. The molecule has 1 saturated heterocycles. The predicted molar refractivity (Wildman–Crippen MR) is 145 cm³/mol. The van der Waals surface area contributed by atoms with Gasteiger partial charge in [0, 0.05) is 26.2 Å². The van der Waals surface area contributed by atoms with E-state index in [1.807, 2.05) is 30.3 Å². The van der Waals surface area contributed by atoms with E-state index in [1.165, 1.54) is 18.2 Å². The van der Waals surface area contributed by atoms with Gasteiger partial charge in [0.05, 0.1) is 22.6 Å². The van der Waals surface area contributed by atoms with E-state index < -0.39 is 17.8 Å². The average molecular weight is 528 g/mol. The molecule has 1 aliphatic heterocycles. The Morgan fingerprint density at radius 1 is 0.838 bits per heavy atom. The van der Waals surface area contributed by atoms with Crippen molar-refractivity contribution in [1.29, 1.82) is 0 Å². The highest BCUT2D eigenvalue weighted by molar-refractivity contribution is 7.80. The molecule has 1 fully saturated rings. The lowest BCUT2D eigenvalue weighted by molar-refractivity contribution is -0.137. The Morgan fingerprint density at radius 3 is 2.11 bits per heavy atom. The summed E-state index contributed by atoms with van der Waals surface area (Å²) in [6.45, 7) is 3.48. The molecule has 37 heavy (non-hydrogen) atoms. The van der Waals surface area contributed by atoms with E-state index in [0.717, 1.165) is 37.9 Å². The van der Waals surface area contributed by atoms with Crippen molar-refractivity contribution < 1.29 is 18.0 Å². The summed E-state index contributed by atoms with van der Waals surface area (Å²) in [6, 6.07) is 20.6. The first-order valence-corrected chi connectivity index (χ1v) is 12.3. The van der Waals surface area contributed by atoms with Crippen LogP contribution in [0.15, 0.2) is 78.9 Å². The maximum atomic E-state index is 13.5. The second kappa shape index (κ2) is 11.6. The van der Waals surface area contributed by atoms with Gasteiger partial charge in [-0.1, -0.05) is 54.6 Å². The second-order valence-corrected chi connectivity index (χ2v) is 9.19. The molecule has 1 aliphatic rings. The number of amides is 1. The van der Waals surface area contributed by atoms with E-state index in [0.29, 0.717) is 11.3 Å². The molecule has 10 heteroatoms. The van der Waals surface area contributed by atoms with Gasteiger partial charge in [-0.2, -0.15) is 13.2 Å². The Balaban J connectivity index is 1.55. The van der Waals surface area contributed by atoms with Gasteiger partial charge < -0.3 is 25.8 Å². The van der Waals surface area contributed by atoms with E-state index >= 15 is 0 Å². The van der Waals surface area contributed by atoms with Crippen LogP contribution in [0, 0.1) is 0 Å². The quantitative estimate of drug-likeness (QED) is 0.387. The van der Waals surface area contributed by atoms with Gasteiger partial charge in [0.2, 0.25) is 0 Å². The van der Waals surface area contributed by atoms with Gasteiger partial charge in [-0.15, -0.1) is 0 Å². The Hall–Kier alpha value is -3.63. The van der Waals surface area contributed by atoms with Crippen LogP contribution in [0.3, 0.4) is 0 Å². The molecule has 0 aromatic heterocycles. The zero-order valence-corrected chi connectivity index (χ0v) is 21.1. The summed E-state index contributed by atoms with van der Waals surface area (Å²) in [5.74, 6) is -0.388. The Bertz CT molecular complexity index is 1230. The molecule has 0 aliphatic carbocycles. The largest absolute Gasteiger partial charge is 0.418 e.